The molecule has 0 aromatic carbocycles. The molecule has 1 amide bonds. The molecule has 4 aromatic heterocycles. The zero-order valence-electron chi connectivity index (χ0n) is 18.8. The molecule has 0 aliphatic carbocycles. The summed E-state index contributed by atoms with van der Waals surface area (Å²) in [7, 11) is 2.89. The van der Waals surface area contributed by atoms with Crippen molar-refractivity contribution in [3.05, 3.63) is 30.2 Å². The molecule has 0 spiro atoms. The fraction of sp³-hybridized carbons (Fsp3) is 0.333. The van der Waals surface area contributed by atoms with E-state index in [9.17, 15) is 22.4 Å². The number of halogens is 4. The minimum absolute atomic E-state index is 0.00455. The third-order valence-electron chi connectivity index (χ3n) is 5.49. The quantitative estimate of drug-likeness (QED) is 0.382. The summed E-state index contributed by atoms with van der Waals surface area (Å²) in [6.45, 7) is -3.32. The van der Waals surface area contributed by atoms with E-state index in [1.807, 2.05) is 0 Å². The molecule has 0 saturated carbocycles. The van der Waals surface area contributed by atoms with Crippen LogP contribution in [-0.2, 0) is 18.3 Å². The SMILES string of the molecule is CNC(=O)O[C@@H]1COc2c(-c3[nH]c4ncccc4c3-c3cn(C)nc3OC(F)F)c(C(F)F)nn2C1. The van der Waals surface area contributed by atoms with Gasteiger partial charge in [-0.25, -0.2) is 23.2 Å². The molecule has 0 radical (unpaired) electrons. The van der Waals surface area contributed by atoms with E-state index in [0.29, 0.717) is 11.0 Å². The summed E-state index contributed by atoms with van der Waals surface area (Å²) < 4.78 is 72.6. The van der Waals surface area contributed by atoms with E-state index < -0.39 is 36.8 Å². The highest BCUT2D eigenvalue weighted by atomic mass is 19.3. The Morgan fingerprint density at radius 3 is 2.81 bits per heavy atom. The second-order valence-corrected chi connectivity index (χ2v) is 7.81. The van der Waals surface area contributed by atoms with Gasteiger partial charge in [0.1, 0.15) is 17.9 Å². The maximum Gasteiger partial charge on any atom is 0.407 e. The maximum atomic E-state index is 14.2. The number of aromatic nitrogens is 6. The van der Waals surface area contributed by atoms with Crippen molar-refractivity contribution < 1.29 is 36.6 Å². The first-order chi connectivity index (χ1) is 17.3. The average molecular weight is 509 g/mol. The van der Waals surface area contributed by atoms with E-state index in [-0.39, 0.29) is 41.4 Å². The molecule has 0 bridgehead atoms. The van der Waals surface area contributed by atoms with Crippen LogP contribution in [0.2, 0.25) is 0 Å². The van der Waals surface area contributed by atoms with E-state index >= 15 is 0 Å². The summed E-state index contributed by atoms with van der Waals surface area (Å²) in [6, 6.07) is 3.27. The lowest BCUT2D eigenvalue weighted by atomic mass is 10.0. The molecule has 5 heterocycles. The van der Waals surface area contributed by atoms with Gasteiger partial charge in [0.05, 0.1) is 23.4 Å². The van der Waals surface area contributed by atoms with Crippen molar-refractivity contribution in [2.75, 3.05) is 13.7 Å². The van der Waals surface area contributed by atoms with Crippen molar-refractivity contribution in [2.45, 2.75) is 25.7 Å². The Bertz CT molecular complexity index is 1430. The van der Waals surface area contributed by atoms with Crippen molar-refractivity contribution in [2.24, 2.45) is 7.05 Å². The van der Waals surface area contributed by atoms with Crippen LogP contribution in [0.3, 0.4) is 0 Å². The summed E-state index contributed by atoms with van der Waals surface area (Å²) in [5.74, 6) is -0.395. The second kappa shape index (κ2) is 9.05. The van der Waals surface area contributed by atoms with Gasteiger partial charge in [-0.2, -0.15) is 13.9 Å². The highest BCUT2D eigenvalue weighted by Gasteiger charge is 2.35. The molecule has 36 heavy (non-hydrogen) atoms. The number of fused-ring (bicyclic) bond motifs is 2. The number of nitrogens with one attached hydrogen (secondary N) is 2. The van der Waals surface area contributed by atoms with E-state index in [4.69, 9.17) is 9.47 Å². The Morgan fingerprint density at radius 1 is 1.28 bits per heavy atom. The summed E-state index contributed by atoms with van der Waals surface area (Å²) in [5, 5.41) is 10.7. The van der Waals surface area contributed by atoms with Gasteiger partial charge in [0, 0.05) is 37.4 Å². The van der Waals surface area contributed by atoms with Crippen LogP contribution in [0.15, 0.2) is 24.5 Å². The highest BCUT2D eigenvalue weighted by molar-refractivity contribution is 6.04. The molecule has 1 aliphatic heterocycles. The predicted octanol–water partition coefficient (Wildman–Crippen LogP) is 3.48. The number of aryl methyl sites for hydroxylation is 1. The number of nitrogens with zero attached hydrogens (tertiary/aromatic N) is 5. The van der Waals surface area contributed by atoms with Gasteiger partial charge in [0.15, 0.2) is 6.10 Å². The van der Waals surface area contributed by atoms with Gasteiger partial charge < -0.3 is 24.5 Å². The van der Waals surface area contributed by atoms with Crippen LogP contribution in [0.25, 0.3) is 33.4 Å². The number of ether oxygens (including phenoxy) is 3. The minimum Gasteiger partial charge on any atom is -0.473 e. The Morgan fingerprint density at radius 2 is 2.08 bits per heavy atom. The van der Waals surface area contributed by atoms with Crippen LogP contribution in [0.4, 0.5) is 22.4 Å². The number of pyridine rings is 1. The van der Waals surface area contributed by atoms with Crippen molar-refractivity contribution in [3.8, 4) is 34.1 Å². The van der Waals surface area contributed by atoms with Gasteiger partial charge in [-0.05, 0) is 12.1 Å². The number of alkyl halides is 4. The number of rotatable bonds is 6. The molecule has 2 N–H and O–H groups in total. The first-order valence-electron chi connectivity index (χ1n) is 10.6. The van der Waals surface area contributed by atoms with Gasteiger partial charge in [-0.15, -0.1) is 5.10 Å². The lowest BCUT2D eigenvalue weighted by Gasteiger charge is -2.24. The molecule has 5 rings (SSSR count). The normalized spacial score (nSPS) is 15.3. The topological polar surface area (TPSA) is 121 Å². The van der Waals surface area contributed by atoms with E-state index in [1.165, 1.54) is 35.9 Å². The Labute approximate surface area is 199 Å². The van der Waals surface area contributed by atoms with Gasteiger partial charge in [-0.1, -0.05) is 0 Å². The number of alkyl carbamates (subject to hydrolysis) is 1. The van der Waals surface area contributed by atoms with Crippen LogP contribution in [0, 0.1) is 0 Å². The molecular formula is C21H19F4N7O4. The molecule has 0 saturated heterocycles. The van der Waals surface area contributed by atoms with E-state index in [2.05, 4.69) is 30.2 Å². The number of hydrogen-bond acceptors (Lipinski definition) is 7. The van der Waals surface area contributed by atoms with Crippen molar-refractivity contribution in [1.29, 1.82) is 0 Å². The highest BCUT2D eigenvalue weighted by Crippen LogP contribution is 2.47. The molecule has 0 unspecified atom stereocenters. The van der Waals surface area contributed by atoms with Crippen LogP contribution in [-0.4, -0.2) is 62.0 Å². The summed E-state index contributed by atoms with van der Waals surface area (Å²) in [4.78, 5) is 18.8. The molecule has 11 nitrogen and oxygen atoms in total. The zero-order valence-corrected chi connectivity index (χ0v) is 18.8. The minimum atomic E-state index is -3.16. The number of carbonyl (C=O) groups excluding carboxylic acids is 1. The molecule has 1 atom stereocenters. The van der Waals surface area contributed by atoms with Crippen molar-refractivity contribution >= 4 is 17.1 Å². The molecule has 15 heteroatoms. The predicted molar refractivity (Wildman–Crippen MR) is 116 cm³/mol. The second-order valence-electron chi connectivity index (χ2n) is 7.81. The number of carbonyl (C=O) groups is 1. The smallest absolute Gasteiger partial charge is 0.407 e. The third-order valence-corrected chi connectivity index (χ3v) is 5.49. The fourth-order valence-corrected chi connectivity index (χ4v) is 4.12. The van der Waals surface area contributed by atoms with E-state index in [1.54, 1.807) is 12.1 Å². The summed E-state index contributed by atoms with van der Waals surface area (Å²) in [5.41, 5.74) is 0.113. The van der Waals surface area contributed by atoms with Crippen molar-refractivity contribution in [3.63, 3.8) is 0 Å². The molecule has 190 valence electrons. The number of aromatic amines is 1. The summed E-state index contributed by atoms with van der Waals surface area (Å²) >= 11 is 0. The van der Waals surface area contributed by atoms with Gasteiger partial charge in [0.2, 0.25) is 11.8 Å². The molecule has 1 aliphatic rings. The summed E-state index contributed by atoms with van der Waals surface area (Å²) in [6.07, 6.45) is -1.57. The fourth-order valence-electron chi connectivity index (χ4n) is 4.12. The molecule has 4 aromatic rings. The van der Waals surface area contributed by atoms with Gasteiger partial charge >= 0.3 is 12.7 Å². The van der Waals surface area contributed by atoms with Crippen LogP contribution in [0.5, 0.6) is 11.8 Å². The zero-order chi connectivity index (χ0) is 25.6. The number of amides is 1. The lowest BCUT2D eigenvalue weighted by molar-refractivity contribution is -0.0527. The van der Waals surface area contributed by atoms with Gasteiger partial charge in [0.25, 0.3) is 6.43 Å². The Kier molecular flexibility index (Phi) is 5.89. The standard InChI is InChI=1S/C21H19F4N7O4/c1-26-21(33)35-9-6-32-19(34-8-9)13(15(29-32)16(22)23)14-12(10-4-3-5-27-17(10)28-14)11-7-31(2)30-18(11)36-20(24)25/h3-5,7,9,16,20H,6,8H2,1-2H3,(H,26,33)(H,27,28)/t9-/m0/s1. The van der Waals surface area contributed by atoms with Crippen LogP contribution in [0.1, 0.15) is 12.1 Å². The Hall–Kier alpha value is -4.30. The van der Waals surface area contributed by atoms with Gasteiger partial charge in [-0.3, -0.25) is 4.68 Å². The van der Waals surface area contributed by atoms with Crippen molar-refractivity contribution in [1.82, 2.24) is 34.8 Å². The largest absolute Gasteiger partial charge is 0.473 e. The van der Waals surface area contributed by atoms with Crippen LogP contribution < -0.4 is 14.8 Å². The number of H-pyrrole nitrogens is 1. The maximum absolute atomic E-state index is 14.2. The average Bonchev–Trinajstić information content (AvgIpc) is 3.50. The number of hydrogen-bond donors (Lipinski definition) is 2. The monoisotopic (exact) mass is 509 g/mol. The third kappa shape index (κ3) is 4.05. The molecule has 0 fully saturated rings. The van der Waals surface area contributed by atoms with Crippen LogP contribution >= 0.6 is 0 Å². The molecular weight excluding hydrogens is 490 g/mol. The first kappa shape index (κ1) is 23.4. The first-order valence-corrected chi connectivity index (χ1v) is 10.6. The Balaban J connectivity index is 1.71. The lowest BCUT2D eigenvalue weighted by Crippen LogP contribution is -2.37. The van der Waals surface area contributed by atoms with E-state index in [0.717, 1.165) is 0 Å².